The van der Waals surface area contributed by atoms with E-state index in [4.69, 9.17) is 4.52 Å². The van der Waals surface area contributed by atoms with Gasteiger partial charge in [0.1, 0.15) is 0 Å². The van der Waals surface area contributed by atoms with Crippen LogP contribution >= 0.6 is 23.1 Å². The van der Waals surface area contributed by atoms with Gasteiger partial charge in [0.2, 0.25) is 11.0 Å². The first-order valence-electron chi connectivity index (χ1n) is 7.23. The Hall–Kier alpha value is -1.74. The van der Waals surface area contributed by atoms with E-state index < -0.39 is 0 Å². The maximum atomic E-state index is 5.39. The Morgan fingerprint density at radius 1 is 1.39 bits per heavy atom. The van der Waals surface area contributed by atoms with E-state index in [1.54, 1.807) is 16.0 Å². The number of tetrazole rings is 1. The highest BCUT2D eigenvalue weighted by atomic mass is 32.2. The van der Waals surface area contributed by atoms with Crippen LogP contribution in [-0.4, -0.2) is 30.3 Å². The van der Waals surface area contributed by atoms with Gasteiger partial charge in [0, 0.05) is 10.3 Å². The molecule has 1 atom stereocenters. The second-order valence-corrected chi connectivity index (χ2v) is 8.50. The smallest absolute Gasteiger partial charge is 0.239 e. The average molecular weight is 350 g/mol. The first kappa shape index (κ1) is 16.1. The van der Waals surface area contributed by atoms with Crippen molar-refractivity contribution >= 4 is 23.1 Å². The predicted molar refractivity (Wildman–Crippen MR) is 88.5 cm³/mol. The third-order valence-corrected chi connectivity index (χ3v) is 5.05. The monoisotopic (exact) mass is 350 g/mol. The Labute approximate surface area is 142 Å². The minimum absolute atomic E-state index is 0.0216. The van der Waals surface area contributed by atoms with Gasteiger partial charge in [-0.2, -0.15) is 4.98 Å². The van der Waals surface area contributed by atoms with Gasteiger partial charge in [0.25, 0.3) is 0 Å². The van der Waals surface area contributed by atoms with Crippen LogP contribution in [0.3, 0.4) is 0 Å². The van der Waals surface area contributed by atoms with Crippen molar-refractivity contribution in [3.8, 4) is 0 Å². The van der Waals surface area contributed by atoms with E-state index in [1.807, 2.05) is 18.4 Å². The van der Waals surface area contributed by atoms with Crippen LogP contribution in [0.5, 0.6) is 0 Å². The molecular weight excluding hydrogens is 332 g/mol. The van der Waals surface area contributed by atoms with E-state index in [2.05, 4.69) is 52.5 Å². The van der Waals surface area contributed by atoms with Gasteiger partial charge >= 0.3 is 0 Å². The first-order valence-corrected chi connectivity index (χ1v) is 8.98. The van der Waals surface area contributed by atoms with E-state index in [9.17, 15) is 0 Å². The topological polar surface area (TPSA) is 82.5 Å². The van der Waals surface area contributed by atoms with Crippen LogP contribution in [0, 0.1) is 0 Å². The summed E-state index contributed by atoms with van der Waals surface area (Å²) in [6, 6.07) is 4.09. The Kier molecular flexibility index (Phi) is 4.49. The second-order valence-electron chi connectivity index (χ2n) is 6.16. The molecule has 0 aromatic carbocycles. The highest BCUT2D eigenvalue weighted by Gasteiger charge is 2.24. The summed E-state index contributed by atoms with van der Waals surface area (Å²) in [7, 11) is 0. The zero-order valence-corrected chi connectivity index (χ0v) is 15.1. The number of aromatic nitrogens is 6. The van der Waals surface area contributed by atoms with Crippen molar-refractivity contribution in [1.82, 2.24) is 30.3 Å². The van der Waals surface area contributed by atoms with Crippen molar-refractivity contribution in [2.75, 3.05) is 0 Å². The number of rotatable bonds is 5. The molecule has 7 nitrogen and oxygen atoms in total. The van der Waals surface area contributed by atoms with Crippen LogP contribution in [-0.2, 0) is 12.0 Å². The van der Waals surface area contributed by atoms with Gasteiger partial charge in [-0.25, -0.2) is 4.68 Å². The van der Waals surface area contributed by atoms with Gasteiger partial charge in [-0.05, 0) is 28.8 Å². The molecule has 9 heteroatoms. The summed E-state index contributed by atoms with van der Waals surface area (Å²) in [5.41, 5.74) is -0.132. The van der Waals surface area contributed by atoms with Crippen molar-refractivity contribution in [3.63, 3.8) is 0 Å². The molecule has 0 bridgehead atoms. The van der Waals surface area contributed by atoms with Crippen LogP contribution in [0.25, 0.3) is 0 Å². The summed E-state index contributed by atoms with van der Waals surface area (Å²) in [6.45, 7) is 8.84. The first-order chi connectivity index (χ1) is 10.9. The molecule has 1 unspecified atom stereocenters. The highest BCUT2D eigenvalue weighted by Crippen LogP contribution is 2.33. The summed E-state index contributed by atoms with van der Waals surface area (Å²) < 4.78 is 7.18. The molecule has 3 rings (SSSR count). The van der Waals surface area contributed by atoms with E-state index in [0.717, 1.165) is 5.16 Å². The maximum absolute atomic E-state index is 5.39. The van der Waals surface area contributed by atoms with Crippen LogP contribution in [0.1, 0.15) is 49.5 Å². The molecule has 3 aromatic rings. The Bertz CT molecular complexity index is 758. The second kappa shape index (κ2) is 6.40. The van der Waals surface area contributed by atoms with Crippen molar-refractivity contribution in [2.45, 2.75) is 50.1 Å². The third-order valence-electron chi connectivity index (χ3n) is 3.13. The Morgan fingerprint density at radius 2 is 2.22 bits per heavy atom. The van der Waals surface area contributed by atoms with Crippen molar-refractivity contribution in [1.29, 1.82) is 0 Å². The minimum Gasteiger partial charge on any atom is -0.338 e. The van der Waals surface area contributed by atoms with Gasteiger partial charge in [-0.3, -0.25) is 0 Å². The SMILES string of the molecule is CC(Sc1nnnn1Cc1cccs1)c1nc(C(C)(C)C)no1. The lowest BCUT2D eigenvalue weighted by Crippen LogP contribution is -2.13. The summed E-state index contributed by atoms with van der Waals surface area (Å²) in [5.74, 6) is 1.30. The van der Waals surface area contributed by atoms with E-state index in [-0.39, 0.29) is 10.7 Å². The van der Waals surface area contributed by atoms with Crippen LogP contribution in [0.4, 0.5) is 0 Å². The van der Waals surface area contributed by atoms with Gasteiger partial charge in [-0.15, -0.1) is 16.4 Å². The molecule has 0 saturated carbocycles. The van der Waals surface area contributed by atoms with Crippen molar-refractivity contribution < 1.29 is 4.52 Å². The fourth-order valence-corrected chi connectivity index (χ4v) is 3.35. The fraction of sp³-hybridized carbons (Fsp3) is 0.500. The molecule has 0 N–H and O–H groups in total. The van der Waals surface area contributed by atoms with Crippen LogP contribution in [0.15, 0.2) is 27.2 Å². The normalized spacial score (nSPS) is 13.4. The number of thiophene rings is 1. The van der Waals surface area contributed by atoms with E-state index >= 15 is 0 Å². The zero-order chi connectivity index (χ0) is 16.4. The average Bonchev–Trinajstić information content (AvgIpc) is 3.20. The maximum Gasteiger partial charge on any atom is 0.239 e. The third kappa shape index (κ3) is 3.78. The molecule has 0 radical (unpaired) electrons. The van der Waals surface area contributed by atoms with Gasteiger partial charge in [-0.1, -0.05) is 43.8 Å². The van der Waals surface area contributed by atoms with Crippen molar-refractivity contribution in [2.24, 2.45) is 0 Å². The van der Waals surface area contributed by atoms with Crippen LogP contribution in [0.2, 0.25) is 0 Å². The molecule has 0 amide bonds. The lowest BCUT2D eigenvalue weighted by Gasteiger charge is -2.11. The molecule has 0 saturated heterocycles. The quantitative estimate of drug-likeness (QED) is 0.653. The Balaban J connectivity index is 1.72. The van der Waals surface area contributed by atoms with Gasteiger partial charge in [0.15, 0.2) is 5.82 Å². The highest BCUT2D eigenvalue weighted by molar-refractivity contribution is 7.99. The standard InChI is InChI=1S/C14H18N6OS2/c1-9(11-15-12(17-21-11)14(2,3)4)23-13-16-18-19-20(13)8-10-6-5-7-22-10/h5-7,9H,8H2,1-4H3. The molecular formula is C14H18N6OS2. The van der Waals surface area contributed by atoms with E-state index in [0.29, 0.717) is 18.3 Å². The molecule has 3 aromatic heterocycles. The molecule has 0 aliphatic heterocycles. The number of nitrogens with zero attached hydrogens (tertiary/aromatic N) is 6. The summed E-state index contributed by atoms with van der Waals surface area (Å²) >= 11 is 3.20. The van der Waals surface area contributed by atoms with E-state index in [1.165, 1.54) is 16.6 Å². The summed E-state index contributed by atoms with van der Waals surface area (Å²) in [5, 5.41) is 18.8. The lowest BCUT2D eigenvalue weighted by atomic mass is 9.96. The molecule has 122 valence electrons. The fourth-order valence-electron chi connectivity index (χ4n) is 1.84. The Morgan fingerprint density at radius 3 is 2.87 bits per heavy atom. The zero-order valence-electron chi connectivity index (χ0n) is 13.4. The number of hydrogen-bond acceptors (Lipinski definition) is 8. The number of hydrogen-bond donors (Lipinski definition) is 0. The van der Waals surface area contributed by atoms with Gasteiger partial charge in [0.05, 0.1) is 11.8 Å². The molecule has 0 spiro atoms. The molecule has 23 heavy (non-hydrogen) atoms. The molecule has 3 heterocycles. The van der Waals surface area contributed by atoms with Gasteiger partial charge < -0.3 is 4.52 Å². The molecule has 0 aliphatic carbocycles. The molecule has 0 fully saturated rings. The van der Waals surface area contributed by atoms with Crippen LogP contribution < -0.4 is 0 Å². The largest absolute Gasteiger partial charge is 0.338 e. The lowest BCUT2D eigenvalue weighted by molar-refractivity contribution is 0.364. The van der Waals surface area contributed by atoms with Crippen molar-refractivity contribution in [3.05, 3.63) is 34.1 Å². The minimum atomic E-state index is -0.132. The summed E-state index contributed by atoms with van der Waals surface area (Å²) in [6.07, 6.45) is 0. The number of thioether (sulfide) groups is 1. The summed E-state index contributed by atoms with van der Waals surface area (Å²) in [4.78, 5) is 5.70. The predicted octanol–water partition coefficient (Wildman–Crippen LogP) is 3.32. The molecule has 0 aliphatic rings.